The summed E-state index contributed by atoms with van der Waals surface area (Å²) in [5.41, 5.74) is 0.621. The summed E-state index contributed by atoms with van der Waals surface area (Å²) in [4.78, 5) is 4.07. The average molecular weight is 371 g/mol. The lowest BCUT2D eigenvalue weighted by molar-refractivity contribution is -0.142. The molecule has 1 aromatic carbocycles. The Balaban J connectivity index is 1.65. The molecule has 0 radical (unpaired) electrons. The molecule has 136 valence electrons. The molecule has 0 atom stereocenters. The van der Waals surface area contributed by atoms with Crippen LogP contribution < -0.4 is 0 Å². The molecule has 4 aromatic rings. The van der Waals surface area contributed by atoms with Crippen molar-refractivity contribution in [2.75, 3.05) is 0 Å². The number of aryl methyl sites for hydroxylation is 1. The fourth-order valence-electron chi connectivity index (χ4n) is 2.55. The normalized spacial score (nSPS) is 11.7. The predicted octanol–water partition coefficient (Wildman–Crippen LogP) is 4.31. The Morgan fingerprint density at radius 1 is 0.926 bits per heavy atom. The lowest BCUT2D eigenvalue weighted by Gasteiger charge is -2.09. The fourth-order valence-corrected chi connectivity index (χ4v) is 2.55. The number of pyridine rings is 1. The van der Waals surface area contributed by atoms with Gasteiger partial charge in [0.05, 0.1) is 11.3 Å². The number of hydrogen-bond donors (Lipinski definition) is 0. The minimum Gasteiger partial charge on any atom is -0.416 e. The molecule has 3 heterocycles. The molecule has 0 saturated carbocycles. The van der Waals surface area contributed by atoms with Crippen LogP contribution in [0, 0.1) is 6.92 Å². The summed E-state index contributed by atoms with van der Waals surface area (Å²) >= 11 is 0. The SMILES string of the molecule is Cc1cc(C(F)(F)F)n(-c2ccc(-c3nnc(-c4ccccc4)o3)cn2)n1. The van der Waals surface area contributed by atoms with E-state index in [0.717, 1.165) is 16.3 Å². The van der Waals surface area contributed by atoms with E-state index in [4.69, 9.17) is 4.42 Å². The summed E-state index contributed by atoms with van der Waals surface area (Å²) < 4.78 is 45.8. The van der Waals surface area contributed by atoms with E-state index in [2.05, 4.69) is 20.3 Å². The van der Waals surface area contributed by atoms with Crippen LogP contribution in [0.1, 0.15) is 11.4 Å². The van der Waals surface area contributed by atoms with Crippen molar-refractivity contribution >= 4 is 0 Å². The minimum atomic E-state index is -4.53. The Morgan fingerprint density at radius 2 is 1.63 bits per heavy atom. The first-order valence-corrected chi connectivity index (χ1v) is 7.91. The number of alkyl halides is 3. The topological polar surface area (TPSA) is 69.6 Å². The van der Waals surface area contributed by atoms with Crippen molar-refractivity contribution in [3.8, 4) is 28.7 Å². The number of halogens is 3. The third kappa shape index (κ3) is 3.31. The highest BCUT2D eigenvalue weighted by molar-refractivity contribution is 5.57. The van der Waals surface area contributed by atoms with Gasteiger partial charge >= 0.3 is 6.18 Å². The zero-order valence-corrected chi connectivity index (χ0v) is 14.0. The van der Waals surface area contributed by atoms with Gasteiger partial charge in [-0.05, 0) is 37.3 Å². The van der Waals surface area contributed by atoms with E-state index < -0.39 is 11.9 Å². The molecule has 9 heteroatoms. The molecule has 4 rings (SSSR count). The van der Waals surface area contributed by atoms with Crippen LogP contribution in [0.4, 0.5) is 13.2 Å². The second kappa shape index (κ2) is 6.35. The van der Waals surface area contributed by atoms with Crippen LogP contribution in [0.15, 0.2) is 59.1 Å². The predicted molar refractivity (Wildman–Crippen MR) is 89.8 cm³/mol. The molecule has 27 heavy (non-hydrogen) atoms. The van der Waals surface area contributed by atoms with Crippen LogP contribution in [0.3, 0.4) is 0 Å². The highest BCUT2D eigenvalue weighted by Crippen LogP contribution is 2.31. The van der Waals surface area contributed by atoms with E-state index in [1.54, 1.807) is 6.07 Å². The molecular formula is C18H12F3N5O. The summed E-state index contributed by atoms with van der Waals surface area (Å²) in [5.74, 6) is 0.610. The van der Waals surface area contributed by atoms with Crippen LogP contribution in [0.25, 0.3) is 28.7 Å². The smallest absolute Gasteiger partial charge is 0.416 e. The lowest BCUT2D eigenvalue weighted by Crippen LogP contribution is -2.14. The lowest BCUT2D eigenvalue weighted by atomic mass is 10.2. The molecule has 0 spiro atoms. The zero-order valence-electron chi connectivity index (χ0n) is 14.0. The number of rotatable bonds is 3. The van der Waals surface area contributed by atoms with E-state index in [1.165, 1.54) is 19.2 Å². The van der Waals surface area contributed by atoms with Crippen molar-refractivity contribution in [2.24, 2.45) is 0 Å². The largest absolute Gasteiger partial charge is 0.433 e. The van der Waals surface area contributed by atoms with Gasteiger partial charge < -0.3 is 4.42 Å². The first-order valence-electron chi connectivity index (χ1n) is 7.91. The van der Waals surface area contributed by atoms with Crippen molar-refractivity contribution in [1.29, 1.82) is 0 Å². The summed E-state index contributed by atoms with van der Waals surface area (Å²) in [6.07, 6.45) is -3.16. The van der Waals surface area contributed by atoms with E-state index in [0.29, 0.717) is 11.5 Å². The van der Waals surface area contributed by atoms with E-state index in [-0.39, 0.29) is 17.4 Å². The molecule has 0 bridgehead atoms. The van der Waals surface area contributed by atoms with Gasteiger partial charge in [-0.1, -0.05) is 18.2 Å². The Hall–Kier alpha value is -3.49. The molecule has 0 aliphatic heterocycles. The maximum atomic E-state index is 13.1. The molecule has 0 saturated heterocycles. The van der Waals surface area contributed by atoms with Crippen LogP contribution >= 0.6 is 0 Å². The minimum absolute atomic E-state index is 0.0435. The number of nitrogens with zero attached hydrogens (tertiary/aromatic N) is 5. The van der Waals surface area contributed by atoms with E-state index >= 15 is 0 Å². The van der Waals surface area contributed by atoms with Gasteiger partial charge in [0.15, 0.2) is 5.82 Å². The van der Waals surface area contributed by atoms with Crippen LogP contribution in [-0.4, -0.2) is 25.0 Å². The van der Waals surface area contributed by atoms with E-state index in [1.807, 2.05) is 30.3 Å². The van der Waals surface area contributed by atoms with Crippen molar-refractivity contribution in [3.63, 3.8) is 0 Å². The zero-order chi connectivity index (χ0) is 19.0. The molecule has 6 nitrogen and oxygen atoms in total. The van der Waals surface area contributed by atoms with Gasteiger partial charge in [0.25, 0.3) is 0 Å². The van der Waals surface area contributed by atoms with Gasteiger partial charge in [0, 0.05) is 11.8 Å². The van der Waals surface area contributed by atoms with Crippen molar-refractivity contribution in [2.45, 2.75) is 13.1 Å². The number of benzene rings is 1. The molecule has 0 aliphatic rings. The highest BCUT2D eigenvalue weighted by Gasteiger charge is 2.36. The molecule has 3 aromatic heterocycles. The van der Waals surface area contributed by atoms with Gasteiger partial charge in [0.1, 0.15) is 5.69 Å². The average Bonchev–Trinajstić information content (AvgIpc) is 3.29. The van der Waals surface area contributed by atoms with Gasteiger partial charge in [0.2, 0.25) is 11.8 Å². The first kappa shape index (κ1) is 17.0. The molecule has 0 fully saturated rings. The summed E-state index contributed by atoms with van der Waals surface area (Å²) in [7, 11) is 0. The van der Waals surface area contributed by atoms with Gasteiger partial charge in [-0.25, -0.2) is 9.67 Å². The summed E-state index contributed by atoms with van der Waals surface area (Å²) in [6.45, 7) is 1.49. The van der Waals surface area contributed by atoms with Gasteiger partial charge in [-0.2, -0.15) is 18.3 Å². The third-order valence-electron chi connectivity index (χ3n) is 3.78. The Kier molecular flexibility index (Phi) is 3.98. The Labute approximate surface area is 151 Å². The van der Waals surface area contributed by atoms with Gasteiger partial charge in [-0.3, -0.25) is 0 Å². The van der Waals surface area contributed by atoms with Gasteiger partial charge in [-0.15, -0.1) is 10.2 Å². The maximum Gasteiger partial charge on any atom is 0.433 e. The third-order valence-corrected chi connectivity index (χ3v) is 3.78. The quantitative estimate of drug-likeness (QED) is 0.537. The summed E-state index contributed by atoms with van der Waals surface area (Å²) in [6, 6.07) is 13.2. The molecule has 0 N–H and O–H groups in total. The van der Waals surface area contributed by atoms with Crippen molar-refractivity contribution in [3.05, 3.63) is 66.1 Å². The standard InChI is InChI=1S/C18H12F3N5O/c1-11-9-14(18(19,20)21)26(25-11)15-8-7-13(10-22-15)17-24-23-16(27-17)12-5-3-2-4-6-12/h2-10H,1H3. The van der Waals surface area contributed by atoms with Crippen LogP contribution in [-0.2, 0) is 6.18 Å². The van der Waals surface area contributed by atoms with Crippen molar-refractivity contribution < 1.29 is 17.6 Å². The van der Waals surface area contributed by atoms with E-state index in [9.17, 15) is 13.2 Å². The Bertz CT molecular complexity index is 1070. The maximum absolute atomic E-state index is 13.1. The second-order valence-corrected chi connectivity index (χ2v) is 5.76. The molecule has 0 aliphatic carbocycles. The molecule has 0 amide bonds. The first-order chi connectivity index (χ1) is 12.9. The second-order valence-electron chi connectivity index (χ2n) is 5.76. The number of hydrogen-bond acceptors (Lipinski definition) is 5. The molecular weight excluding hydrogens is 359 g/mol. The van der Waals surface area contributed by atoms with Crippen molar-refractivity contribution in [1.82, 2.24) is 25.0 Å². The van der Waals surface area contributed by atoms with Crippen LogP contribution in [0.2, 0.25) is 0 Å². The Morgan fingerprint density at radius 3 is 2.26 bits per heavy atom. The summed E-state index contributed by atoms with van der Waals surface area (Å²) in [5, 5.41) is 11.8. The monoisotopic (exact) mass is 371 g/mol. The highest BCUT2D eigenvalue weighted by atomic mass is 19.4. The fraction of sp³-hybridized carbons (Fsp3) is 0.111. The van der Waals surface area contributed by atoms with Crippen LogP contribution in [0.5, 0.6) is 0 Å². The number of aromatic nitrogens is 5. The molecule has 0 unspecified atom stereocenters.